The lowest BCUT2D eigenvalue weighted by Crippen LogP contribution is -3.00. The topological polar surface area (TPSA) is 52.6 Å². The summed E-state index contributed by atoms with van der Waals surface area (Å²) in [6.45, 7) is 27.6. The molecule has 0 aliphatic heterocycles. The minimum absolute atomic E-state index is 0. The summed E-state index contributed by atoms with van der Waals surface area (Å²) in [4.78, 5) is 21.9. The summed E-state index contributed by atoms with van der Waals surface area (Å²) in [6.07, 6.45) is 2.90. The Hall–Kier alpha value is -0.770. The molecule has 0 radical (unpaired) electrons. The molecule has 0 amide bonds. The SMILES string of the molecule is C.C.C.C.C.C.CCC(C)(C)C(=O)OC.CCC(C)(C)C(C)(C)C.CCOC(=O)C(C)(C)CC.[Cl-]. The Bertz CT molecular complexity index is 448. The lowest BCUT2D eigenvalue weighted by atomic mass is 9.68. The van der Waals surface area contributed by atoms with E-state index in [9.17, 15) is 9.59 Å². The molecule has 0 atom stereocenters. The van der Waals surface area contributed by atoms with Gasteiger partial charge in [0.25, 0.3) is 0 Å². The van der Waals surface area contributed by atoms with E-state index in [4.69, 9.17) is 4.74 Å². The highest BCUT2D eigenvalue weighted by Gasteiger charge is 2.30. The van der Waals surface area contributed by atoms with E-state index in [1.54, 1.807) is 0 Å². The smallest absolute Gasteiger partial charge is 0.311 e. The van der Waals surface area contributed by atoms with Crippen LogP contribution in [0.25, 0.3) is 0 Å². The van der Waals surface area contributed by atoms with E-state index in [2.05, 4.69) is 46.3 Å². The molecule has 0 saturated carbocycles. The molecule has 226 valence electrons. The minimum Gasteiger partial charge on any atom is -1.00 e. The summed E-state index contributed by atoms with van der Waals surface area (Å²) in [7, 11) is 1.42. The summed E-state index contributed by atoms with van der Waals surface area (Å²) in [6, 6.07) is 0. The summed E-state index contributed by atoms with van der Waals surface area (Å²) >= 11 is 0. The number of carbonyl (C=O) groups excluding carboxylic acids is 2. The summed E-state index contributed by atoms with van der Waals surface area (Å²) in [5, 5.41) is 0. The van der Waals surface area contributed by atoms with Crippen molar-refractivity contribution < 1.29 is 31.5 Å². The third kappa shape index (κ3) is 27.7. The van der Waals surface area contributed by atoms with Crippen LogP contribution in [0, 0.1) is 21.7 Å². The molecule has 5 heteroatoms. The summed E-state index contributed by atoms with van der Waals surface area (Å²) < 4.78 is 9.43. The quantitative estimate of drug-likeness (QED) is 0.326. The Morgan fingerprint density at radius 2 is 0.857 bits per heavy atom. The lowest BCUT2D eigenvalue weighted by Gasteiger charge is -2.37. The van der Waals surface area contributed by atoms with Crippen molar-refractivity contribution in [3.05, 3.63) is 0 Å². The Morgan fingerprint density at radius 1 is 0.571 bits per heavy atom. The van der Waals surface area contributed by atoms with Crippen LogP contribution in [0.15, 0.2) is 0 Å². The van der Waals surface area contributed by atoms with Crippen LogP contribution in [0.1, 0.15) is 154 Å². The lowest BCUT2D eigenvalue weighted by molar-refractivity contribution is -0.153. The van der Waals surface area contributed by atoms with Gasteiger partial charge in [-0.05, 0) is 58.3 Å². The van der Waals surface area contributed by atoms with Crippen molar-refractivity contribution in [2.24, 2.45) is 21.7 Å². The predicted molar refractivity (Wildman–Crippen MR) is 161 cm³/mol. The monoisotopic (exact) mass is 534 g/mol. The number of carbonyl (C=O) groups is 2. The van der Waals surface area contributed by atoms with Crippen LogP contribution in [0.4, 0.5) is 0 Å². The van der Waals surface area contributed by atoms with Gasteiger partial charge in [-0.15, -0.1) is 0 Å². The zero-order valence-corrected chi connectivity index (χ0v) is 22.6. The van der Waals surface area contributed by atoms with Crippen LogP contribution >= 0.6 is 0 Å². The van der Waals surface area contributed by atoms with Crippen LogP contribution in [-0.2, 0) is 19.1 Å². The normalized spacial score (nSPS) is 9.66. The fraction of sp³-hybridized carbons (Fsp3) is 0.933. The van der Waals surface area contributed by atoms with Gasteiger partial charge >= 0.3 is 11.9 Å². The van der Waals surface area contributed by atoms with E-state index >= 15 is 0 Å². The molecule has 0 saturated heterocycles. The molecular weight excluding hydrogens is 460 g/mol. The molecule has 0 fully saturated rings. The first kappa shape index (κ1) is 64.4. The zero-order valence-electron chi connectivity index (χ0n) is 21.8. The second-order valence-corrected chi connectivity index (χ2v) is 10.2. The van der Waals surface area contributed by atoms with Gasteiger partial charge in [0.1, 0.15) is 0 Å². The largest absolute Gasteiger partial charge is 1.00 e. The van der Waals surface area contributed by atoms with Crippen molar-refractivity contribution in [1.82, 2.24) is 0 Å². The first-order valence-electron chi connectivity index (χ1n) is 10.7. The van der Waals surface area contributed by atoms with Gasteiger partial charge in [0.2, 0.25) is 0 Å². The van der Waals surface area contributed by atoms with Crippen LogP contribution in [-0.4, -0.2) is 25.7 Å². The number of hydrogen-bond donors (Lipinski definition) is 0. The third-order valence-electron chi connectivity index (χ3n) is 6.25. The molecule has 0 aromatic carbocycles. The maximum absolute atomic E-state index is 11.1. The average Bonchev–Trinajstić information content (AvgIpc) is 2.61. The van der Waals surface area contributed by atoms with Crippen molar-refractivity contribution in [1.29, 1.82) is 0 Å². The molecule has 0 spiro atoms. The maximum Gasteiger partial charge on any atom is 0.311 e. The minimum atomic E-state index is -0.311. The van der Waals surface area contributed by atoms with Crippen LogP contribution in [0.2, 0.25) is 0 Å². The van der Waals surface area contributed by atoms with Crippen molar-refractivity contribution in [3.8, 4) is 0 Å². The molecule has 0 aromatic heterocycles. The summed E-state index contributed by atoms with van der Waals surface area (Å²) in [5.41, 5.74) is 0.305. The van der Waals surface area contributed by atoms with Gasteiger partial charge in [0.15, 0.2) is 0 Å². The Labute approximate surface area is 232 Å². The van der Waals surface area contributed by atoms with E-state index in [-0.39, 0.29) is 79.7 Å². The maximum atomic E-state index is 11.1. The molecular formula is C30H74ClO4-. The number of hydrogen-bond acceptors (Lipinski definition) is 4. The van der Waals surface area contributed by atoms with Gasteiger partial charge in [-0.2, -0.15) is 0 Å². The van der Waals surface area contributed by atoms with E-state index in [1.165, 1.54) is 13.5 Å². The van der Waals surface area contributed by atoms with Crippen LogP contribution in [0.3, 0.4) is 0 Å². The first-order valence-corrected chi connectivity index (χ1v) is 10.7. The number of methoxy groups -OCH3 is 1. The fourth-order valence-electron chi connectivity index (χ4n) is 1.42. The van der Waals surface area contributed by atoms with Crippen molar-refractivity contribution in [2.75, 3.05) is 13.7 Å². The highest BCUT2D eigenvalue weighted by atomic mass is 35.5. The number of rotatable bonds is 6. The fourth-order valence-corrected chi connectivity index (χ4v) is 1.42. The Morgan fingerprint density at radius 3 is 0.971 bits per heavy atom. The van der Waals surface area contributed by atoms with Gasteiger partial charge in [-0.1, -0.05) is 106 Å². The molecule has 0 bridgehead atoms. The molecule has 0 aliphatic rings. The number of ether oxygens (including phenoxy) is 2. The molecule has 0 unspecified atom stereocenters. The van der Waals surface area contributed by atoms with Gasteiger partial charge < -0.3 is 21.9 Å². The van der Waals surface area contributed by atoms with Gasteiger partial charge in [0.05, 0.1) is 24.5 Å². The van der Waals surface area contributed by atoms with Crippen molar-refractivity contribution >= 4 is 11.9 Å². The molecule has 0 aliphatic carbocycles. The molecule has 35 heavy (non-hydrogen) atoms. The second-order valence-electron chi connectivity index (χ2n) is 10.2. The zero-order chi connectivity index (χ0) is 23.4. The van der Waals surface area contributed by atoms with E-state index in [0.717, 1.165) is 12.8 Å². The molecule has 0 N–H and O–H groups in total. The molecule has 0 heterocycles. The first-order chi connectivity index (χ1) is 12.4. The van der Waals surface area contributed by atoms with Crippen molar-refractivity contribution in [3.63, 3.8) is 0 Å². The van der Waals surface area contributed by atoms with Gasteiger partial charge in [-0.25, -0.2) is 0 Å². The number of halogens is 1. The van der Waals surface area contributed by atoms with Crippen molar-refractivity contribution in [2.45, 2.75) is 154 Å². The summed E-state index contributed by atoms with van der Waals surface area (Å²) in [5.74, 6) is -0.234. The molecule has 4 nitrogen and oxygen atoms in total. The molecule has 0 rings (SSSR count). The standard InChI is InChI=1S/C9H20.C8H16O2.C7H14O2.6CH4.ClH/c1-7-9(5,6)8(2,3)4;1-5-8(3,4)7(9)10-6-2;1-5-7(2,3)6(8)9-4;;;;;;;/h7H2,1-6H3;5-6H2,1-4H3;5H2,1-4H3;6*1H4;1H/p-1. The van der Waals surface area contributed by atoms with Gasteiger partial charge in [0, 0.05) is 0 Å². The average molecular weight is 534 g/mol. The Kier molecular flexibility index (Phi) is 51.2. The van der Waals surface area contributed by atoms with E-state index < -0.39 is 0 Å². The number of esters is 2. The second kappa shape index (κ2) is 27.8. The highest BCUT2D eigenvalue weighted by Crippen LogP contribution is 2.40. The third-order valence-corrected chi connectivity index (χ3v) is 6.25. The van der Waals surface area contributed by atoms with Crippen LogP contribution < -0.4 is 12.4 Å². The van der Waals surface area contributed by atoms with E-state index in [0.29, 0.717) is 17.4 Å². The van der Waals surface area contributed by atoms with E-state index in [1.807, 2.05) is 48.5 Å². The van der Waals surface area contributed by atoms with Gasteiger partial charge in [-0.3, -0.25) is 9.59 Å². The predicted octanol–water partition coefficient (Wildman–Crippen LogP) is 7.87. The highest BCUT2D eigenvalue weighted by molar-refractivity contribution is 5.76. The Balaban J connectivity index is -0.0000000305. The molecule has 0 aromatic rings. The van der Waals surface area contributed by atoms with Crippen LogP contribution in [0.5, 0.6) is 0 Å².